The largest absolute Gasteiger partial charge is 0.341 e. The van der Waals surface area contributed by atoms with Crippen LogP contribution in [0.15, 0.2) is 34.9 Å². The topological polar surface area (TPSA) is 48.8 Å². The van der Waals surface area contributed by atoms with Gasteiger partial charge in [0, 0.05) is 25.3 Å². The smallest absolute Gasteiger partial charge is 0.0739 e. The summed E-state index contributed by atoms with van der Waals surface area (Å²) >= 11 is 3.62. The number of hydrogen-bond donors (Lipinski definition) is 1. The summed E-state index contributed by atoms with van der Waals surface area (Å²) in [5, 5.41) is 5.66. The van der Waals surface area contributed by atoms with Crippen molar-refractivity contribution in [1.82, 2.24) is 14.3 Å². The quantitative estimate of drug-likeness (QED) is 0.801. The van der Waals surface area contributed by atoms with Crippen molar-refractivity contribution < 1.29 is 0 Å². The third-order valence-electron chi connectivity index (χ3n) is 3.65. The van der Waals surface area contributed by atoms with Gasteiger partial charge in [-0.05, 0) is 52.0 Å². The lowest BCUT2D eigenvalue weighted by Gasteiger charge is -2.07. The van der Waals surface area contributed by atoms with Crippen LogP contribution in [0.1, 0.15) is 17.0 Å². The zero-order valence-electron chi connectivity index (χ0n) is 11.6. The van der Waals surface area contributed by atoms with Crippen molar-refractivity contribution in [1.29, 1.82) is 0 Å². The molecule has 0 fully saturated rings. The van der Waals surface area contributed by atoms with Crippen molar-refractivity contribution in [3.63, 3.8) is 0 Å². The highest BCUT2D eigenvalue weighted by Gasteiger charge is 2.12. The Kier molecular flexibility index (Phi) is 3.40. The van der Waals surface area contributed by atoms with Crippen LogP contribution in [0.25, 0.3) is 10.9 Å². The summed E-state index contributed by atoms with van der Waals surface area (Å²) in [5.74, 6) is 0. The molecule has 1 aromatic carbocycles. The van der Waals surface area contributed by atoms with E-state index in [1.807, 2.05) is 18.7 Å². The van der Waals surface area contributed by atoms with Gasteiger partial charge >= 0.3 is 0 Å². The molecule has 2 heterocycles. The first-order valence-electron chi connectivity index (χ1n) is 6.56. The molecule has 0 aliphatic heterocycles. The summed E-state index contributed by atoms with van der Waals surface area (Å²) in [4.78, 5) is 0. The fourth-order valence-corrected chi connectivity index (χ4v) is 2.99. The highest BCUT2D eigenvalue weighted by atomic mass is 79.9. The molecule has 0 aliphatic carbocycles. The van der Waals surface area contributed by atoms with Gasteiger partial charge in [0.05, 0.1) is 22.4 Å². The molecule has 0 saturated carbocycles. The number of nitrogens with zero attached hydrogens (tertiary/aromatic N) is 3. The van der Waals surface area contributed by atoms with E-state index in [1.165, 1.54) is 16.6 Å². The van der Waals surface area contributed by atoms with Crippen LogP contribution in [0, 0.1) is 6.92 Å². The number of hydrogen-bond acceptors (Lipinski definition) is 2. The van der Waals surface area contributed by atoms with Crippen LogP contribution in [-0.2, 0) is 20.1 Å². The van der Waals surface area contributed by atoms with Crippen LogP contribution < -0.4 is 5.73 Å². The zero-order chi connectivity index (χ0) is 14.3. The van der Waals surface area contributed by atoms with Gasteiger partial charge < -0.3 is 10.3 Å². The van der Waals surface area contributed by atoms with E-state index in [1.54, 1.807) is 0 Å². The third kappa shape index (κ3) is 2.17. The van der Waals surface area contributed by atoms with Gasteiger partial charge in [-0.2, -0.15) is 5.10 Å². The van der Waals surface area contributed by atoms with Crippen LogP contribution in [0.2, 0.25) is 0 Å². The van der Waals surface area contributed by atoms with E-state index in [2.05, 4.69) is 56.1 Å². The molecule has 3 rings (SSSR count). The number of aromatic nitrogens is 3. The van der Waals surface area contributed by atoms with Crippen molar-refractivity contribution in [2.24, 2.45) is 12.8 Å². The van der Waals surface area contributed by atoms with Crippen molar-refractivity contribution in [3.05, 3.63) is 51.9 Å². The van der Waals surface area contributed by atoms with Gasteiger partial charge in [0.15, 0.2) is 0 Å². The van der Waals surface area contributed by atoms with Crippen molar-refractivity contribution in [2.75, 3.05) is 0 Å². The highest BCUT2D eigenvalue weighted by Crippen LogP contribution is 2.24. The fourth-order valence-electron chi connectivity index (χ4n) is 2.53. The molecule has 0 bridgehead atoms. The third-order valence-corrected chi connectivity index (χ3v) is 4.68. The Labute approximate surface area is 126 Å². The average Bonchev–Trinajstić information content (AvgIpc) is 2.95. The second kappa shape index (κ2) is 5.07. The van der Waals surface area contributed by atoms with E-state index in [0.29, 0.717) is 6.54 Å². The summed E-state index contributed by atoms with van der Waals surface area (Å²) in [7, 11) is 1.98. The molecule has 5 heteroatoms. The Morgan fingerprint density at radius 2 is 2.10 bits per heavy atom. The Morgan fingerprint density at radius 3 is 2.75 bits per heavy atom. The molecule has 3 aromatic rings. The van der Waals surface area contributed by atoms with Crippen LogP contribution >= 0.6 is 15.9 Å². The average molecular weight is 333 g/mol. The summed E-state index contributed by atoms with van der Waals surface area (Å²) in [6.07, 6.45) is 2.11. The van der Waals surface area contributed by atoms with Crippen molar-refractivity contribution in [2.45, 2.75) is 20.0 Å². The Balaban J connectivity index is 2.03. The first kappa shape index (κ1) is 13.4. The molecule has 0 radical (unpaired) electrons. The minimum absolute atomic E-state index is 0.577. The van der Waals surface area contributed by atoms with Crippen LogP contribution in [0.5, 0.6) is 0 Å². The Bertz CT molecular complexity index is 770. The van der Waals surface area contributed by atoms with Crippen LogP contribution in [0.3, 0.4) is 0 Å². The number of halogens is 1. The minimum Gasteiger partial charge on any atom is -0.341 e. The summed E-state index contributed by atoms with van der Waals surface area (Å²) in [6.45, 7) is 3.38. The highest BCUT2D eigenvalue weighted by molar-refractivity contribution is 9.10. The SMILES string of the molecule is Cc1nn(C)c(Cn2ccc3cc(CN)ccc32)c1Br. The van der Waals surface area contributed by atoms with Crippen LogP contribution in [0.4, 0.5) is 0 Å². The lowest BCUT2D eigenvalue weighted by atomic mass is 10.1. The molecule has 0 saturated heterocycles. The molecule has 104 valence electrons. The normalized spacial score (nSPS) is 11.4. The number of nitrogens with two attached hydrogens (primary N) is 1. The molecule has 4 nitrogen and oxygen atoms in total. The zero-order valence-corrected chi connectivity index (χ0v) is 13.2. The van der Waals surface area contributed by atoms with Gasteiger partial charge in [0.1, 0.15) is 0 Å². The molecule has 0 spiro atoms. The maximum absolute atomic E-state index is 5.69. The molecule has 20 heavy (non-hydrogen) atoms. The number of rotatable bonds is 3. The van der Waals surface area contributed by atoms with E-state index in [9.17, 15) is 0 Å². The predicted molar refractivity (Wildman–Crippen MR) is 84.6 cm³/mol. The summed E-state index contributed by atoms with van der Waals surface area (Å²) < 4.78 is 5.25. The van der Waals surface area contributed by atoms with Crippen molar-refractivity contribution in [3.8, 4) is 0 Å². The lowest BCUT2D eigenvalue weighted by Crippen LogP contribution is -2.05. The van der Waals surface area contributed by atoms with Gasteiger partial charge in [-0.15, -0.1) is 0 Å². The minimum atomic E-state index is 0.577. The molecular weight excluding hydrogens is 316 g/mol. The standard InChI is InChI=1S/C15H17BrN4/c1-10-15(16)14(19(2)18-10)9-20-6-5-12-7-11(8-17)3-4-13(12)20/h3-7H,8-9,17H2,1-2H3. The molecule has 0 unspecified atom stereocenters. The number of aryl methyl sites for hydroxylation is 2. The lowest BCUT2D eigenvalue weighted by molar-refractivity contribution is 0.671. The summed E-state index contributed by atoms with van der Waals surface area (Å²) in [6, 6.07) is 8.50. The second-order valence-electron chi connectivity index (χ2n) is 5.01. The summed E-state index contributed by atoms with van der Waals surface area (Å²) in [5.41, 5.74) is 10.3. The number of fused-ring (bicyclic) bond motifs is 1. The first-order chi connectivity index (χ1) is 9.60. The maximum atomic E-state index is 5.69. The van der Waals surface area contributed by atoms with E-state index >= 15 is 0 Å². The van der Waals surface area contributed by atoms with Gasteiger partial charge in [0.2, 0.25) is 0 Å². The Morgan fingerprint density at radius 1 is 1.30 bits per heavy atom. The Hall–Kier alpha value is -1.59. The molecular formula is C15H17BrN4. The maximum Gasteiger partial charge on any atom is 0.0739 e. The van der Waals surface area contributed by atoms with Gasteiger partial charge in [0.25, 0.3) is 0 Å². The first-order valence-corrected chi connectivity index (χ1v) is 7.35. The molecule has 2 aromatic heterocycles. The monoisotopic (exact) mass is 332 g/mol. The van der Waals surface area contributed by atoms with Crippen LogP contribution in [-0.4, -0.2) is 14.3 Å². The molecule has 0 atom stereocenters. The molecule has 0 amide bonds. The number of benzene rings is 1. The second-order valence-corrected chi connectivity index (χ2v) is 5.80. The van der Waals surface area contributed by atoms with Gasteiger partial charge in [-0.1, -0.05) is 6.07 Å². The van der Waals surface area contributed by atoms with Gasteiger partial charge in [-0.3, -0.25) is 4.68 Å². The van der Waals surface area contributed by atoms with E-state index in [4.69, 9.17) is 5.73 Å². The predicted octanol–water partition coefficient (Wildman–Crippen LogP) is 2.95. The van der Waals surface area contributed by atoms with E-state index < -0.39 is 0 Å². The fraction of sp³-hybridized carbons (Fsp3) is 0.267. The van der Waals surface area contributed by atoms with Crippen molar-refractivity contribution >= 4 is 26.8 Å². The molecule has 2 N–H and O–H groups in total. The van der Waals surface area contributed by atoms with E-state index in [-0.39, 0.29) is 0 Å². The van der Waals surface area contributed by atoms with Gasteiger partial charge in [-0.25, -0.2) is 0 Å². The molecule has 0 aliphatic rings. The van der Waals surface area contributed by atoms with E-state index in [0.717, 1.165) is 22.3 Å².